The predicted molar refractivity (Wildman–Crippen MR) is 138 cm³/mol. The standard InChI is InChI=1S/C26H29N7O2/c1-15(2)32-13-23(16(3)30-32)33-24-20-10-17(18-9-19(14-35-6)25(27-4)29-11-18)7-8-21(20)28-12-22(24)31(5)26(33)34/h7-13,15H,14H2,1-6H3,(H,27,29). The first-order valence-electron chi connectivity index (χ1n) is 11.6. The van der Waals surface area contributed by atoms with Crippen LogP contribution < -0.4 is 11.0 Å². The fraction of sp³-hybridized carbons (Fsp3) is 0.308. The van der Waals surface area contributed by atoms with Gasteiger partial charge in [-0.15, -0.1) is 0 Å². The van der Waals surface area contributed by atoms with Crippen molar-refractivity contribution in [2.75, 3.05) is 19.5 Å². The molecule has 4 heterocycles. The molecule has 0 bridgehead atoms. The summed E-state index contributed by atoms with van der Waals surface area (Å²) in [5, 5.41) is 8.64. The van der Waals surface area contributed by atoms with Gasteiger partial charge in [0, 0.05) is 56.2 Å². The molecule has 180 valence electrons. The van der Waals surface area contributed by atoms with E-state index in [2.05, 4.69) is 46.4 Å². The van der Waals surface area contributed by atoms with Crippen LogP contribution in [0.25, 0.3) is 38.8 Å². The number of hydrogen-bond donors (Lipinski definition) is 1. The van der Waals surface area contributed by atoms with Gasteiger partial charge in [0.15, 0.2) is 0 Å². The van der Waals surface area contributed by atoms with Crippen molar-refractivity contribution in [3.63, 3.8) is 0 Å². The minimum Gasteiger partial charge on any atom is -0.380 e. The quantitative estimate of drug-likeness (QED) is 0.399. The summed E-state index contributed by atoms with van der Waals surface area (Å²) in [6.45, 7) is 6.52. The predicted octanol–water partition coefficient (Wildman–Crippen LogP) is 4.21. The Kier molecular flexibility index (Phi) is 5.64. The Hall–Kier alpha value is -3.98. The summed E-state index contributed by atoms with van der Waals surface area (Å²) in [4.78, 5) is 22.7. The van der Waals surface area contributed by atoms with Gasteiger partial charge in [-0.25, -0.2) is 9.78 Å². The van der Waals surface area contributed by atoms with Crippen LogP contribution >= 0.6 is 0 Å². The summed E-state index contributed by atoms with van der Waals surface area (Å²) in [6.07, 6.45) is 5.54. The van der Waals surface area contributed by atoms with E-state index in [9.17, 15) is 4.79 Å². The van der Waals surface area contributed by atoms with Crippen molar-refractivity contribution >= 4 is 27.8 Å². The molecule has 0 radical (unpaired) electrons. The summed E-state index contributed by atoms with van der Waals surface area (Å²) in [7, 11) is 5.29. The number of ether oxygens (including phenoxy) is 1. The minimum absolute atomic E-state index is 0.131. The highest BCUT2D eigenvalue weighted by Crippen LogP contribution is 2.31. The normalized spacial score (nSPS) is 11.7. The van der Waals surface area contributed by atoms with Crippen molar-refractivity contribution in [3.05, 3.63) is 64.6 Å². The third-order valence-corrected chi connectivity index (χ3v) is 6.38. The van der Waals surface area contributed by atoms with Gasteiger partial charge in [-0.05, 0) is 44.5 Å². The Balaban J connectivity index is 1.79. The Bertz CT molecular complexity index is 1620. The molecule has 1 aromatic carbocycles. The summed E-state index contributed by atoms with van der Waals surface area (Å²) >= 11 is 0. The molecule has 0 fully saturated rings. The lowest BCUT2D eigenvalue weighted by Gasteiger charge is -2.11. The van der Waals surface area contributed by atoms with Crippen LogP contribution in [-0.4, -0.2) is 43.0 Å². The lowest BCUT2D eigenvalue weighted by molar-refractivity contribution is 0.185. The minimum atomic E-state index is -0.131. The first-order chi connectivity index (χ1) is 16.8. The van der Waals surface area contributed by atoms with Crippen LogP contribution in [-0.2, 0) is 18.4 Å². The Labute approximate surface area is 203 Å². The maximum Gasteiger partial charge on any atom is 0.333 e. The number of nitrogens with zero attached hydrogens (tertiary/aromatic N) is 6. The largest absolute Gasteiger partial charge is 0.380 e. The average Bonchev–Trinajstić information content (AvgIpc) is 3.36. The number of aromatic nitrogens is 6. The number of imidazole rings is 1. The molecule has 9 heteroatoms. The number of fused-ring (bicyclic) bond motifs is 3. The average molecular weight is 472 g/mol. The van der Waals surface area contributed by atoms with Crippen LogP contribution in [0.2, 0.25) is 0 Å². The Morgan fingerprint density at radius 3 is 2.60 bits per heavy atom. The van der Waals surface area contributed by atoms with E-state index >= 15 is 0 Å². The van der Waals surface area contributed by atoms with Crippen LogP contribution in [0.15, 0.2) is 47.7 Å². The highest BCUT2D eigenvalue weighted by atomic mass is 16.5. The smallest absolute Gasteiger partial charge is 0.333 e. The zero-order valence-electron chi connectivity index (χ0n) is 20.8. The van der Waals surface area contributed by atoms with E-state index in [4.69, 9.17) is 4.74 Å². The first-order valence-corrected chi connectivity index (χ1v) is 11.6. The molecule has 0 aliphatic carbocycles. The van der Waals surface area contributed by atoms with Crippen molar-refractivity contribution in [1.82, 2.24) is 28.9 Å². The molecule has 5 aromatic rings. The van der Waals surface area contributed by atoms with E-state index < -0.39 is 0 Å². The number of nitrogens with one attached hydrogen (secondary N) is 1. The van der Waals surface area contributed by atoms with Gasteiger partial charge in [0.2, 0.25) is 0 Å². The number of pyridine rings is 2. The zero-order valence-corrected chi connectivity index (χ0v) is 20.8. The number of rotatable bonds is 6. The summed E-state index contributed by atoms with van der Waals surface area (Å²) < 4.78 is 10.6. The third kappa shape index (κ3) is 3.68. The zero-order chi connectivity index (χ0) is 24.9. The molecular formula is C26H29N7O2. The third-order valence-electron chi connectivity index (χ3n) is 6.38. The van der Waals surface area contributed by atoms with Gasteiger partial charge in [-0.1, -0.05) is 6.07 Å². The molecule has 35 heavy (non-hydrogen) atoms. The maximum atomic E-state index is 13.4. The number of hydrogen-bond acceptors (Lipinski definition) is 6. The van der Waals surface area contributed by atoms with E-state index in [1.165, 1.54) is 0 Å². The monoisotopic (exact) mass is 471 g/mol. The van der Waals surface area contributed by atoms with E-state index in [-0.39, 0.29) is 11.7 Å². The van der Waals surface area contributed by atoms with Crippen LogP contribution in [0.1, 0.15) is 31.1 Å². The lowest BCUT2D eigenvalue weighted by atomic mass is 10.0. The van der Waals surface area contributed by atoms with E-state index in [1.54, 1.807) is 29.5 Å². The van der Waals surface area contributed by atoms with Crippen LogP contribution in [0, 0.1) is 6.92 Å². The molecular weight excluding hydrogens is 442 g/mol. The number of methoxy groups -OCH3 is 1. The van der Waals surface area contributed by atoms with Crippen molar-refractivity contribution in [2.24, 2.45) is 7.05 Å². The van der Waals surface area contributed by atoms with E-state index in [1.807, 2.05) is 43.2 Å². The van der Waals surface area contributed by atoms with Crippen LogP contribution in [0.3, 0.4) is 0 Å². The SMILES string of the molecule is CNc1ncc(-c2ccc3ncc4c(c3c2)n(-c2cn(C(C)C)nc2C)c(=O)n4C)cc1COC. The van der Waals surface area contributed by atoms with Gasteiger partial charge in [0.05, 0.1) is 40.7 Å². The summed E-state index contributed by atoms with van der Waals surface area (Å²) in [5.41, 5.74) is 6.74. The molecule has 0 amide bonds. The van der Waals surface area contributed by atoms with Gasteiger partial charge >= 0.3 is 5.69 Å². The second-order valence-corrected chi connectivity index (χ2v) is 8.99. The molecule has 1 N–H and O–H groups in total. The summed E-state index contributed by atoms with van der Waals surface area (Å²) in [6, 6.07) is 8.36. The number of benzene rings is 1. The second-order valence-electron chi connectivity index (χ2n) is 8.99. The van der Waals surface area contributed by atoms with Gasteiger partial charge in [0.1, 0.15) is 5.82 Å². The molecule has 9 nitrogen and oxygen atoms in total. The first kappa shape index (κ1) is 22.8. The van der Waals surface area contributed by atoms with Crippen LogP contribution in [0.5, 0.6) is 0 Å². The van der Waals surface area contributed by atoms with Crippen molar-refractivity contribution in [3.8, 4) is 16.8 Å². The van der Waals surface area contributed by atoms with Gasteiger partial charge in [-0.2, -0.15) is 5.10 Å². The summed E-state index contributed by atoms with van der Waals surface area (Å²) in [5.74, 6) is 0.787. The molecule has 4 aromatic heterocycles. The molecule has 5 rings (SSSR count). The van der Waals surface area contributed by atoms with Crippen LogP contribution in [0.4, 0.5) is 5.82 Å². The highest BCUT2D eigenvalue weighted by molar-refractivity contribution is 6.04. The van der Waals surface area contributed by atoms with Crippen molar-refractivity contribution in [2.45, 2.75) is 33.4 Å². The molecule has 0 aliphatic rings. The molecule has 0 unspecified atom stereocenters. The molecule has 0 saturated carbocycles. The molecule has 0 saturated heterocycles. The molecule has 0 atom stereocenters. The Morgan fingerprint density at radius 1 is 1.11 bits per heavy atom. The Morgan fingerprint density at radius 2 is 1.91 bits per heavy atom. The molecule has 0 aliphatic heterocycles. The van der Waals surface area contributed by atoms with Gasteiger partial charge < -0.3 is 10.1 Å². The lowest BCUT2D eigenvalue weighted by Crippen LogP contribution is -2.21. The number of anilines is 1. The van der Waals surface area contributed by atoms with Crippen molar-refractivity contribution < 1.29 is 4.74 Å². The topological polar surface area (TPSA) is 91.8 Å². The highest BCUT2D eigenvalue weighted by Gasteiger charge is 2.20. The number of aryl methyl sites for hydroxylation is 2. The van der Waals surface area contributed by atoms with E-state index in [0.717, 1.165) is 55.8 Å². The van der Waals surface area contributed by atoms with Crippen molar-refractivity contribution in [1.29, 1.82) is 0 Å². The molecule has 0 spiro atoms. The maximum absolute atomic E-state index is 13.4. The fourth-order valence-electron chi connectivity index (χ4n) is 4.52. The van der Waals surface area contributed by atoms with Gasteiger partial charge in [-0.3, -0.25) is 18.8 Å². The fourth-order valence-corrected chi connectivity index (χ4v) is 4.52. The van der Waals surface area contributed by atoms with Gasteiger partial charge in [0.25, 0.3) is 0 Å². The van der Waals surface area contributed by atoms with E-state index in [0.29, 0.717) is 6.61 Å². The second kappa shape index (κ2) is 8.66.